The van der Waals surface area contributed by atoms with Crippen LogP contribution in [0.25, 0.3) is 22.5 Å². The molecule has 0 spiro atoms. The third-order valence-electron chi connectivity index (χ3n) is 6.98. The first-order chi connectivity index (χ1) is 18.7. The summed E-state index contributed by atoms with van der Waals surface area (Å²) in [5.74, 6) is 0.591. The summed E-state index contributed by atoms with van der Waals surface area (Å²) in [5, 5.41) is 12.1. The van der Waals surface area contributed by atoms with Crippen LogP contribution in [0.3, 0.4) is 0 Å². The lowest BCUT2D eigenvalue weighted by Gasteiger charge is -2.27. The fraction of sp³-hybridized carbons (Fsp3) is 0.370. The minimum Gasteiger partial charge on any atom is -0.492 e. The van der Waals surface area contributed by atoms with Gasteiger partial charge in [0.2, 0.25) is 0 Å². The molecular weight excluding hydrogens is 524 g/mol. The smallest absolute Gasteiger partial charge is 0.333 e. The number of aromatic nitrogens is 2. The number of ketones is 1. The standard InChI is InChI=1S/C27H30N6O5.ClH/c34-26-22-20(2-1-3-21(22)28-27(35)31-33-11-15-37-16-12-33)25-23(26)24(29-30-25)18-4-6-19(7-5-18)38-17-10-32-8-13-36-14-9-32;/h1-7H,8-17H2,(H,29,30)(H2,28,31,35);1H. The fourth-order valence-electron chi connectivity index (χ4n) is 5.00. The van der Waals surface area contributed by atoms with E-state index in [9.17, 15) is 9.59 Å². The molecule has 0 radical (unpaired) electrons. The Labute approximate surface area is 232 Å². The van der Waals surface area contributed by atoms with Gasteiger partial charge in [-0.1, -0.05) is 12.1 Å². The van der Waals surface area contributed by atoms with Crippen LogP contribution in [-0.4, -0.2) is 97.7 Å². The molecular formula is C27H31ClN6O5. The third kappa shape index (κ3) is 5.77. The van der Waals surface area contributed by atoms with Gasteiger partial charge in [-0.05, 0) is 30.3 Å². The second kappa shape index (κ2) is 12.1. The molecule has 0 saturated carbocycles. The number of aromatic amines is 1. The summed E-state index contributed by atoms with van der Waals surface area (Å²) in [7, 11) is 0. The predicted molar refractivity (Wildman–Crippen MR) is 147 cm³/mol. The lowest BCUT2D eigenvalue weighted by atomic mass is 10.0. The number of carbonyl (C=O) groups excluding carboxylic acids is 2. The number of hydrazine groups is 1. The molecule has 6 rings (SSSR count). The van der Waals surface area contributed by atoms with Crippen LogP contribution in [0.15, 0.2) is 42.5 Å². The topological polar surface area (TPSA) is 121 Å². The first kappa shape index (κ1) is 27.1. The van der Waals surface area contributed by atoms with E-state index in [0.29, 0.717) is 61.1 Å². The van der Waals surface area contributed by atoms with Crippen molar-refractivity contribution in [2.45, 2.75) is 0 Å². The number of fused-ring (bicyclic) bond motifs is 3. The van der Waals surface area contributed by atoms with Crippen LogP contribution in [0.5, 0.6) is 5.75 Å². The molecule has 2 fully saturated rings. The maximum Gasteiger partial charge on any atom is 0.333 e. The SMILES string of the molecule is Cl.O=C(Nc1cccc2c1C(=O)c1c(-c3ccc(OCCN4CCOCC4)cc3)n[nH]c1-2)NN1CCOCC1. The lowest BCUT2D eigenvalue weighted by Crippen LogP contribution is -2.49. The minimum absolute atomic E-state index is 0. The number of urea groups is 1. The molecule has 2 saturated heterocycles. The molecule has 11 nitrogen and oxygen atoms in total. The highest BCUT2D eigenvalue weighted by atomic mass is 35.5. The molecule has 0 unspecified atom stereocenters. The van der Waals surface area contributed by atoms with Crippen molar-refractivity contribution in [3.63, 3.8) is 0 Å². The number of nitrogens with one attached hydrogen (secondary N) is 3. The van der Waals surface area contributed by atoms with Crippen LogP contribution >= 0.6 is 12.4 Å². The predicted octanol–water partition coefficient (Wildman–Crippen LogP) is 2.79. The van der Waals surface area contributed by atoms with Crippen LogP contribution in [0.2, 0.25) is 0 Å². The summed E-state index contributed by atoms with van der Waals surface area (Å²) in [6.45, 7) is 7.18. The van der Waals surface area contributed by atoms with E-state index < -0.39 is 6.03 Å². The number of anilines is 1. The second-order valence-electron chi connectivity index (χ2n) is 9.37. The van der Waals surface area contributed by atoms with Gasteiger partial charge in [0.15, 0.2) is 5.78 Å². The number of H-pyrrole nitrogens is 1. The Balaban J connectivity index is 0.00000308. The summed E-state index contributed by atoms with van der Waals surface area (Å²) < 4.78 is 16.6. The number of hydrogen-bond acceptors (Lipinski definition) is 8. The number of hydrogen-bond donors (Lipinski definition) is 3. The van der Waals surface area contributed by atoms with Crippen molar-refractivity contribution in [3.05, 3.63) is 53.6 Å². The first-order valence-corrected chi connectivity index (χ1v) is 12.9. The van der Waals surface area contributed by atoms with Crippen molar-refractivity contribution in [2.75, 3.05) is 71.1 Å². The van der Waals surface area contributed by atoms with Crippen LogP contribution in [0, 0.1) is 0 Å². The first-order valence-electron chi connectivity index (χ1n) is 12.9. The average Bonchev–Trinajstić information content (AvgIpc) is 3.50. The average molecular weight is 555 g/mol. The molecule has 3 aliphatic rings. The number of benzene rings is 2. The summed E-state index contributed by atoms with van der Waals surface area (Å²) in [6, 6.07) is 12.6. The number of nitrogens with zero attached hydrogens (tertiary/aromatic N) is 3. The van der Waals surface area contributed by atoms with Crippen molar-refractivity contribution < 1.29 is 23.8 Å². The van der Waals surface area contributed by atoms with E-state index in [-0.39, 0.29) is 18.2 Å². The molecule has 3 aromatic rings. The number of ether oxygens (including phenoxy) is 3. The number of halogens is 1. The second-order valence-corrected chi connectivity index (χ2v) is 9.37. The molecule has 3 heterocycles. The Kier molecular flexibility index (Phi) is 8.44. The monoisotopic (exact) mass is 554 g/mol. The van der Waals surface area contributed by atoms with Gasteiger partial charge in [0.05, 0.1) is 48.9 Å². The highest BCUT2D eigenvalue weighted by Crippen LogP contribution is 2.43. The van der Waals surface area contributed by atoms with Crippen molar-refractivity contribution >= 4 is 29.9 Å². The molecule has 0 bridgehead atoms. The number of amides is 2. The fourth-order valence-corrected chi connectivity index (χ4v) is 5.00. The van der Waals surface area contributed by atoms with Gasteiger partial charge in [-0.15, -0.1) is 12.4 Å². The van der Waals surface area contributed by atoms with E-state index in [1.165, 1.54) is 0 Å². The Morgan fingerprint density at radius 2 is 1.69 bits per heavy atom. The van der Waals surface area contributed by atoms with Gasteiger partial charge in [-0.2, -0.15) is 5.10 Å². The Morgan fingerprint density at radius 3 is 2.44 bits per heavy atom. The van der Waals surface area contributed by atoms with Crippen molar-refractivity contribution in [2.24, 2.45) is 0 Å². The molecule has 206 valence electrons. The summed E-state index contributed by atoms with van der Waals surface area (Å²) >= 11 is 0. The molecule has 0 atom stereocenters. The molecule has 39 heavy (non-hydrogen) atoms. The van der Waals surface area contributed by atoms with Gasteiger partial charge < -0.3 is 19.5 Å². The molecule has 1 aromatic heterocycles. The highest BCUT2D eigenvalue weighted by molar-refractivity contribution is 6.26. The summed E-state index contributed by atoms with van der Waals surface area (Å²) in [6.07, 6.45) is 0. The van der Waals surface area contributed by atoms with Crippen LogP contribution in [0.4, 0.5) is 10.5 Å². The minimum atomic E-state index is -0.397. The van der Waals surface area contributed by atoms with Crippen molar-refractivity contribution in [1.29, 1.82) is 0 Å². The quantitative estimate of drug-likeness (QED) is 0.319. The van der Waals surface area contributed by atoms with Crippen LogP contribution in [0.1, 0.15) is 15.9 Å². The zero-order valence-electron chi connectivity index (χ0n) is 21.4. The summed E-state index contributed by atoms with van der Waals surface area (Å²) in [5.41, 5.74) is 6.99. The zero-order valence-corrected chi connectivity index (χ0v) is 22.2. The maximum atomic E-state index is 13.6. The van der Waals surface area contributed by atoms with E-state index in [1.54, 1.807) is 11.1 Å². The molecule has 1 aliphatic carbocycles. The molecule has 2 aromatic carbocycles. The van der Waals surface area contributed by atoms with Gasteiger partial charge in [0, 0.05) is 43.9 Å². The number of morpholine rings is 2. The Morgan fingerprint density at radius 1 is 0.974 bits per heavy atom. The Hall–Kier alpha value is -3.48. The number of carbonyl (C=O) groups is 2. The van der Waals surface area contributed by atoms with E-state index in [1.807, 2.05) is 36.4 Å². The molecule has 12 heteroatoms. The normalized spacial score (nSPS) is 17.2. The van der Waals surface area contributed by atoms with Gasteiger partial charge >= 0.3 is 6.03 Å². The largest absolute Gasteiger partial charge is 0.492 e. The van der Waals surface area contributed by atoms with E-state index in [0.717, 1.165) is 49.7 Å². The maximum absolute atomic E-state index is 13.6. The van der Waals surface area contributed by atoms with Crippen molar-refractivity contribution in [3.8, 4) is 28.3 Å². The Bertz CT molecular complexity index is 1320. The van der Waals surface area contributed by atoms with Gasteiger partial charge in [0.1, 0.15) is 18.1 Å². The number of rotatable bonds is 7. The van der Waals surface area contributed by atoms with Crippen LogP contribution < -0.4 is 15.5 Å². The molecule has 3 N–H and O–H groups in total. The van der Waals surface area contributed by atoms with Gasteiger partial charge in [-0.3, -0.25) is 20.2 Å². The molecule has 2 aliphatic heterocycles. The molecule has 2 amide bonds. The van der Waals surface area contributed by atoms with Gasteiger partial charge in [-0.25, -0.2) is 9.80 Å². The highest BCUT2D eigenvalue weighted by Gasteiger charge is 2.35. The lowest BCUT2D eigenvalue weighted by molar-refractivity contribution is 0.0207. The van der Waals surface area contributed by atoms with E-state index >= 15 is 0 Å². The van der Waals surface area contributed by atoms with E-state index in [4.69, 9.17) is 14.2 Å². The van der Waals surface area contributed by atoms with Gasteiger partial charge in [0.25, 0.3) is 0 Å². The van der Waals surface area contributed by atoms with Crippen LogP contribution in [-0.2, 0) is 9.47 Å². The third-order valence-corrected chi connectivity index (χ3v) is 6.98. The van der Waals surface area contributed by atoms with E-state index in [2.05, 4.69) is 25.8 Å². The zero-order chi connectivity index (χ0) is 25.9. The summed E-state index contributed by atoms with van der Waals surface area (Å²) in [4.78, 5) is 28.5. The van der Waals surface area contributed by atoms with Crippen molar-refractivity contribution in [1.82, 2.24) is 25.5 Å².